The van der Waals surface area contributed by atoms with Crippen molar-refractivity contribution in [3.63, 3.8) is 0 Å². The number of amides is 1. The molecule has 1 fully saturated rings. The second kappa shape index (κ2) is 7.18. The van der Waals surface area contributed by atoms with Crippen molar-refractivity contribution in [3.8, 4) is 0 Å². The summed E-state index contributed by atoms with van der Waals surface area (Å²) < 4.78 is 0. The average Bonchev–Trinajstić information content (AvgIpc) is 2.67. The number of hydrogen-bond donors (Lipinski definition) is 0. The average molecular weight is 356 g/mol. The first-order valence-corrected chi connectivity index (χ1v) is 7.99. The molecule has 1 heterocycles. The first-order chi connectivity index (χ1) is 12.5. The van der Waals surface area contributed by atoms with Gasteiger partial charge in [-0.05, 0) is 18.2 Å². The molecule has 0 aromatic heterocycles. The SMILES string of the molecule is O=C(c1ccc([N+](=O)[O-])cc1[N+](=O)[O-])N1CCN(c2ccccc2)CC1. The second-order valence-electron chi connectivity index (χ2n) is 5.83. The molecule has 9 heteroatoms. The van der Waals surface area contributed by atoms with Crippen molar-refractivity contribution in [3.05, 3.63) is 74.3 Å². The predicted molar refractivity (Wildman–Crippen MR) is 94.3 cm³/mol. The van der Waals surface area contributed by atoms with Crippen LogP contribution in [0.2, 0.25) is 0 Å². The third-order valence-electron chi connectivity index (χ3n) is 4.31. The zero-order valence-electron chi connectivity index (χ0n) is 13.8. The van der Waals surface area contributed by atoms with Crippen LogP contribution in [0.15, 0.2) is 48.5 Å². The Balaban J connectivity index is 1.76. The Morgan fingerprint density at radius 1 is 0.885 bits per heavy atom. The van der Waals surface area contributed by atoms with E-state index in [1.54, 1.807) is 0 Å². The summed E-state index contributed by atoms with van der Waals surface area (Å²) in [6, 6.07) is 12.9. The molecule has 0 radical (unpaired) electrons. The summed E-state index contributed by atoms with van der Waals surface area (Å²) >= 11 is 0. The van der Waals surface area contributed by atoms with E-state index in [4.69, 9.17) is 0 Å². The highest BCUT2D eigenvalue weighted by Crippen LogP contribution is 2.26. The number of piperazine rings is 1. The molecule has 9 nitrogen and oxygen atoms in total. The second-order valence-corrected chi connectivity index (χ2v) is 5.83. The van der Waals surface area contributed by atoms with Gasteiger partial charge in [-0.2, -0.15) is 0 Å². The van der Waals surface area contributed by atoms with Gasteiger partial charge < -0.3 is 9.80 Å². The number of nitro groups is 2. The van der Waals surface area contributed by atoms with E-state index in [-0.39, 0.29) is 5.56 Å². The molecule has 0 atom stereocenters. The summed E-state index contributed by atoms with van der Waals surface area (Å²) in [5, 5.41) is 22.0. The number of carbonyl (C=O) groups is 1. The number of carbonyl (C=O) groups excluding carboxylic acids is 1. The van der Waals surface area contributed by atoms with E-state index in [0.29, 0.717) is 26.2 Å². The largest absolute Gasteiger partial charge is 0.368 e. The Kier molecular flexibility index (Phi) is 4.78. The Morgan fingerprint density at radius 3 is 2.12 bits per heavy atom. The number of anilines is 1. The first-order valence-electron chi connectivity index (χ1n) is 7.99. The lowest BCUT2D eigenvalue weighted by molar-refractivity contribution is -0.394. The predicted octanol–water partition coefficient (Wildman–Crippen LogP) is 2.47. The van der Waals surface area contributed by atoms with Gasteiger partial charge in [0.15, 0.2) is 0 Å². The standard InChI is InChI=1S/C17H16N4O5/c22-17(15-7-6-14(20(23)24)12-16(15)21(25)26)19-10-8-18(9-11-19)13-4-2-1-3-5-13/h1-7,12H,8-11H2. The number of rotatable bonds is 4. The van der Waals surface area contributed by atoms with E-state index in [2.05, 4.69) is 4.90 Å². The van der Waals surface area contributed by atoms with Crippen molar-refractivity contribution in [2.24, 2.45) is 0 Å². The molecule has 1 saturated heterocycles. The maximum atomic E-state index is 12.7. The van der Waals surface area contributed by atoms with Crippen molar-refractivity contribution in [1.82, 2.24) is 4.90 Å². The van der Waals surface area contributed by atoms with Crippen molar-refractivity contribution >= 4 is 23.0 Å². The number of nitro benzene ring substituents is 2. The van der Waals surface area contributed by atoms with Gasteiger partial charge in [-0.25, -0.2) is 0 Å². The molecule has 0 unspecified atom stereocenters. The maximum absolute atomic E-state index is 12.7. The van der Waals surface area contributed by atoms with E-state index in [1.807, 2.05) is 30.3 Å². The van der Waals surface area contributed by atoms with Gasteiger partial charge in [0.1, 0.15) is 5.56 Å². The van der Waals surface area contributed by atoms with Crippen LogP contribution in [0.1, 0.15) is 10.4 Å². The molecule has 0 saturated carbocycles. The molecular formula is C17H16N4O5. The molecule has 2 aromatic carbocycles. The quantitative estimate of drug-likeness (QED) is 0.615. The summed E-state index contributed by atoms with van der Waals surface area (Å²) in [4.78, 5) is 36.9. The van der Waals surface area contributed by atoms with Crippen LogP contribution in [0.25, 0.3) is 0 Å². The van der Waals surface area contributed by atoms with Gasteiger partial charge >= 0.3 is 0 Å². The Morgan fingerprint density at radius 2 is 1.54 bits per heavy atom. The van der Waals surface area contributed by atoms with Crippen molar-refractivity contribution in [1.29, 1.82) is 0 Å². The maximum Gasteiger partial charge on any atom is 0.289 e. The minimum Gasteiger partial charge on any atom is -0.368 e. The molecule has 134 valence electrons. The number of non-ortho nitro benzene ring substituents is 1. The van der Waals surface area contributed by atoms with Crippen molar-refractivity contribution < 1.29 is 14.6 Å². The molecule has 1 aliphatic heterocycles. The van der Waals surface area contributed by atoms with Crippen LogP contribution in [0.4, 0.5) is 17.1 Å². The van der Waals surface area contributed by atoms with Crippen LogP contribution in [-0.4, -0.2) is 46.8 Å². The third-order valence-corrected chi connectivity index (χ3v) is 4.31. The zero-order chi connectivity index (χ0) is 18.7. The van der Waals surface area contributed by atoms with Crippen molar-refractivity contribution in [2.45, 2.75) is 0 Å². The smallest absolute Gasteiger partial charge is 0.289 e. The number of nitrogens with zero attached hydrogens (tertiary/aromatic N) is 4. The molecule has 3 rings (SSSR count). The number of para-hydroxylation sites is 1. The molecule has 1 amide bonds. The van der Waals surface area contributed by atoms with Crippen LogP contribution < -0.4 is 4.90 Å². The monoisotopic (exact) mass is 356 g/mol. The fourth-order valence-electron chi connectivity index (χ4n) is 2.94. The highest BCUT2D eigenvalue weighted by atomic mass is 16.6. The molecular weight excluding hydrogens is 340 g/mol. The van der Waals surface area contributed by atoms with E-state index in [9.17, 15) is 25.0 Å². The molecule has 0 aliphatic carbocycles. The first kappa shape index (κ1) is 17.3. The Hall–Kier alpha value is -3.49. The lowest BCUT2D eigenvalue weighted by atomic mass is 10.1. The normalized spacial score (nSPS) is 14.2. The Labute approximate surface area is 148 Å². The van der Waals surface area contributed by atoms with Gasteiger partial charge in [0, 0.05) is 37.9 Å². The number of benzene rings is 2. The molecule has 0 spiro atoms. The van der Waals surface area contributed by atoms with Gasteiger partial charge in [-0.1, -0.05) is 18.2 Å². The third kappa shape index (κ3) is 3.46. The lowest BCUT2D eigenvalue weighted by Crippen LogP contribution is -2.48. The summed E-state index contributed by atoms with van der Waals surface area (Å²) in [5.41, 5.74) is -0.0356. The van der Waals surface area contributed by atoms with Crippen LogP contribution in [0, 0.1) is 20.2 Å². The van der Waals surface area contributed by atoms with Crippen LogP contribution in [0.5, 0.6) is 0 Å². The molecule has 1 aliphatic rings. The van der Waals surface area contributed by atoms with Crippen LogP contribution in [-0.2, 0) is 0 Å². The van der Waals surface area contributed by atoms with E-state index >= 15 is 0 Å². The van der Waals surface area contributed by atoms with E-state index in [1.165, 1.54) is 4.90 Å². The summed E-state index contributed by atoms with van der Waals surface area (Å²) in [6.07, 6.45) is 0. The van der Waals surface area contributed by atoms with Gasteiger partial charge in [0.2, 0.25) is 0 Å². The minimum atomic E-state index is -0.763. The molecule has 2 aromatic rings. The number of hydrogen-bond acceptors (Lipinski definition) is 6. The minimum absolute atomic E-state index is 0.131. The summed E-state index contributed by atoms with van der Waals surface area (Å²) in [7, 11) is 0. The van der Waals surface area contributed by atoms with Crippen LogP contribution >= 0.6 is 0 Å². The summed E-state index contributed by atoms with van der Waals surface area (Å²) in [5.74, 6) is -0.487. The van der Waals surface area contributed by atoms with Gasteiger partial charge in [-0.15, -0.1) is 0 Å². The van der Waals surface area contributed by atoms with E-state index in [0.717, 1.165) is 23.9 Å². The van der Waals surface area contributed by atoms with Gasteiger partial charge in [0.05, 0.1) is 15.9 Å². The van der Waals surface area contributed by atoms with Gasteiger partial charge in [-0.3, -0.25) is 25.0 Å². The van der Waals surface area contributed by atoms with E-state index < -0.39 is 27.1 Å². The fourth-order valence-corrected chi connectivity index (χ4v) is 2.94. The topological polar surface area (TPSA) is 110 Å². The molecule has 0 bridgehead atoms. The van der Waals surface area contributed by atoms with Crippen molar-refractivity contribution in [2.75, 3.05) is 31.1 Å². The zero-order valence-corrected chi connectivity index (χ0v) is 13.8. The lowest BCUT2D eigenvalue weighted by Gasteiger charge is -2.36. The highest BCUT2D eigenvalue weighted by molar-refractivity contribution is 5.98. The fraction of sp³-hybridized carbons (Fsp3) is 0.235. The molecule has 0 N–H and O–H groups in total. The Bertz CT molecular complexity index is 847. The highest BCUT2D eigenvalue weighted by Gasteiger charge is 2.29. The van der Waals surface area contributed by atoms with Gasteiger partial charge in [0.25, 0.3) is 17.3 Å². The van der Waals surface area contributed by atoms with Crippen LogP contribution in [0.3, 0.4) is 0 Å². The summed E-state index contributed by atoms with van der Waals surface area (Å²) in [6.45, 7) is 2.05. The molecule has 26 heavy (non-hydrogen) atoms.